The third-order valence-electron chi connectivity index (χ3n) is 5.05. The number of rotatable bonds is 5. The molecule has 1 fully saturated rings. The van der Waals surface area contributed by atoms with Crippen molar-refractivity contribution in [2.24, 2.45) is 11.7 Å². The number of sulfonamides is 1. The molecule has 0 saturated carbocycles. The monoisotopic (exact) mass is 399 g/mol. The first kappa shape index (κ1) is 18.3. The van der Waals surface area contributed by atoms with Crippen LogP contribution in [0.3, 0.4) is 0 Å². The van der Waals surface area contributed by atoms with Gasteiger partial charge in [0, 0.05) is 30.0 Å². The molecule has 3 aromatic rings. The first-order valence-corrected chi connectivity index (χ1v) is 11.2. The van der Waals surface area contributed by atoms with Crippen LogP contribution in [-0.2, 0) is 10.0 Å². The molecule has 4 rings (SSSR count). The standard InChI is InChI=1S/C20H21N3O2S2/c21-11-17-12-23(13-18(17)15-7-3-1-4-8-15)27(24,25)19-14-26-20(22-19)16-9-5-2-6-10-16/h1-10,14,17-18H,11-13,21H2/t17-,18+/m1/s1. The molecule has 0 radical (unpaired) electrons. The van der Waals surface area contributed by atoms with Crippen LogP contribution in [0.1, 0.15) is 11.5 Å². The topological polar surface area (TPSA) is 76.3 Å². The van der Waals surface area contributed by atoms with Gasteiger partial charge in [0.1, 0.15) is 5.01 Å². The van der Waals surface area contributed by atoms with E-state index >= 15 is 0 Å². The molecule has 2 aromatic carbocycles. The average Bonchev–Trinajstić information content (AvgIpc) is 3.37. The van der Waals surface area contributed by atoms with Gasteiger partial charge in [0.05, 0.1) is 0 Å². The molecule has 0 unspecified atom stereocenters. The molecule has 0 spiro atoms. The number of aromatic nitrogens is 1. The highest BCUT2D eigenvalue weighted by Gasteiger charge is 2.40. The van der Waals surface area contributed by atoms with E-state index in [1.807, 2.05) is 60.7 Å². The van der Waals surface area contributed by atoms with Gasteiger partial charge in [-0.25, -0.2) is 13.4 Å². The lowest BCUT2D eigenvalue weighted by Crippen LogP contribution is -2.30. The Balaban J connectivity index is 1.60. The van der Waals surface area contributed by atoms with Crippen LogP contribution in [0, 0.1) is 5.92 Å². The Bertz CT molecular complexity index is 1000. The van der Waals surface area contributed by atoms with Crippen molar-refractivity contribution >= 4 is 21.4 Å². The van der Waals surface area contributed by atoms with Crippen LogP contribution in [0.5, 0.6) is 0 Å². The van der Waals surface area contributed by atoms with Crippen LogP contribution in [0.15, 0.2) is 71.1 Å². The summed E-state index contributed by atoms with van der Waals surface area (Å²) in [4.78, 5) is 4.40. The van der Waals surface area contributed by atoms with Gasteiger partial charge in [-0.3, -0.25) is 0 Å². The van der Waals surface area contributed by atoms with Crippen LogP contribution < -0.4 is 5.73 Å². The summed E-state index contributed by atoms with van der Waals surface area (Å²) in [5.41, 5.74) is 8.01. The molecule has 2 atom stereocenters. The summed E-state index contributed by atoms with van der Waals surface area (Å²) in [5, 5.41) is 2.46. The Morgan fingerprint density at radius 1 is 1.04 bits per heavy atom. The normalized spacial score (nSPS) is 20.8. The van der Waals surface area contributed by atoms with E-state index in [2.05, 4.69) is 4.98 Å². The molecule has 7 heteroatoms. The third-order valence-corrected chi connectivity index (χ3v) is 7.80. The first-order chi connectivity index (χ1) is 13.1. The van der Waals surface area contributed by atoms with Crippen molar-refractivity contribution in [2.75, 3.05) is 19.6 Å². The maximum absolute atomic E-state index is 13.1. The molecular weight excluding hydrogens is 378 g/mol. The Morgan fingerprint density at radius 2 is 1.70 bits per heavy atom. The number of hydrogen-bond donors (Lipinski definition) is 1. The predicted octanol–water partition coefficient (Wildman–Crippen LogP) is 3.17. The van der Waals surface area contributed by atoms with E-state index in [4.69, 9.17) is 5.73 Å². The third kappa shape index (κ3) is 3.55. The molecule has 0 bridgehead atoms. The summed E-state index contributed by atoms with van der Waals surface area (Å²) in [7, 11) is -3.63. The van der Waals surface area contributed by atoms with Gasteiger partial charge < -0.3 is 5.73 Å². The van der Waals surface area contributed by atoms with Crippen molar-refractivity contribution < 1.29 is 8.42 Å². The van der Waals surface area contributed by atoms with Gasteiger partial charge in [-0.2, -0.15) is 4.31 Å². The summed E-state index contributed by atoms with van der Waals surface area (Å²) in [6.45, 7) is 1.32. The number of nitrogens with zero attached hydrogens (tertiary/aromatic N) is 2. The molecule has 1 aliphatic rings. The summed E-state index contributed by atoms with van der Waals surface area (Å²) < 4.78 is 27.8. The van der Waals surface area contributed by atoms with Gasteiger partial charge in [0.25, 0.3) is 10.0 Å². The zero-order chi connectivity index (χ0) is 18.9. The van der Waals surface area contributed by atoms with Crippen LogP contribution in [0.4, 0.5) is 0 Å². The minimum Gasteiger partial charge on any atom is -0.330 e. The minimum absolute atomic E-state index is 0.106. The van der Waals surface area contributed by atoms with Crippen molar-refractivity contribution in [1.82, 2.24) is 9.29 Å². The lowest BCUT2D eigenvalue weighted by molar-refractivity contribution is 0.457. The highest BCUT2D eigenvalue weighted by molar-refractivity contribution is 7.89. The fourth-order valence-electron chi connectivity index (χ4n) is 3.57. The molecule has 1 saturated heterocycles. The maximum Gasteiger partial charge on any atom is 0.261 e. The smallest absolute Gasteiger partial charge is 0.261 e. The number of benzene rings is 2. The molecule has 2 N–H and O–H groups in total. The molecule has 1 aromatic heterocycles. The Kier molecular flexibility index (Phi) is 5.10. The van der Waals surface area contributed by atoms with Crippen LogP contribution in [0.25, 0.3) is 10.6 Å². The van der Waals surface area contributed by atoms with E-state index in [0.717, 1.165) is 11.1 Å². The fraction of sp³-hybridized carbons (Fsp3) is 0.250. The molecule has 5 nitrogen and oxygen atoms in total. The molecule has 0 aliphatic carbocycles. The van der Waals surface area contributed by atoms with Crippen molar-refractivity contribution in [3.05, 3.63) is 71.6 Å². The zero-order valence-electron chi connectivity index (χ0n) is 14.7. The van der Waals surface area contributed by atoms with Crippen molar-refractivity contribution in [3.63, 3.8) is 0 Å². The quantitative estimate of drug-likeness (QED) is 0.715. The van der Waals surface area contributed by atoms with Gasteiger partial charge in [-0.1, -0.05) is 60.7 Å². The predicted molar refractivity (Wildman–Crippen MR) is 108 cm³/mol. The maximum atomic E-state index is 13.1. The lowest BCUT2D eigenvalue weighted by Gasteiger charge is -2.16. The molecule has 1 aliphatic heterocycles. The van der Waals surface area contributed by atoms with E-state index in [1.165, 1.54) is 15.6 Å². The minimum atomic E-state index is -3.63. The highest BCUT2D eigenvalue weighted by atomic mass is 32.2. The van der Waals surface area contributed by atoms with Gasteiger partial charge >= 0.3 is 0 Å². The summed E-state index contributed by atoms with van der Waals surface area (Å²) in [6.07, 6.45) is 0. The Labute approximate surface area is 163 Å². The van der Waals surface area contributed by atoms with E-state index in [1.54, 1.807) is 5.38 Å². The van der Waals surface area contributed by atoms with Gasteiger partial charge in [-0.05, 0) is 18.0 Å². The summed E-state index contributed by atoms with van der Waals surface area (Å²) in [6, 6.07) is 19.6. The number of hydrogen-bond acceptors (Lipinski definition) is 5. The molecule has 140 valence electrons. The zero-order valence-corrected chi connectivity index (χ0v) is 16.4. The molecular formula is C20H21N3O2S2. The lowest BCUT2D eigenvalue weighted by atomic mass is 9.89. The average molecular weight is 400 g/mol. The number of thiazole rings is 1. The van der Waals surface area contributed by atoms with E-state index in [-0.39, 0.29) is 16.9 Å². The first-order valence-electron chi connectivity index (χ1n) is 8.85. The van der Waals surface area contributed by atoms with Crippen molar-refractivity contribution in [3.8, 4) is 10.6 Å². The summed E-state index contributed by atoms with van der Waals surface area (Å²) in [5.74, 6) is 0.215. The Hall–Kier alpha value is -2.06. The van der Waals surface area contributed by atoms with E-state index in [0.29, 0.717) is 24.6 Å². The molecule has 2 heterocycles. The van der Waals surface area contributed by atoms with Gasteiger partial charge in [-0.15, -0.1) is 11.3 Å². The Morgan fingerprint density at radius 3 is 2.37 bits per heavy atom. The van der Waals surface area contributed by atoms with Crippen LogP contribution in [-0.4, -0.2) is 37.3 Å². The second-order valence-corrected chi connectivity index (χ2v) is 9.43. The van der Waals surface area contributed by atoms with Gasteiger partial charge in [0.15, 0.2) is 5.03 Å². The van der Waals surface area contributed by atoms with Crippen LogP contribution >= 0.6 is 11.3 Å². The number of nitrogens with two attached hydrogens (primary N) is 1. The van der Waals surface area contributed by atoms with Gasteiger partial charge in [0.2, 0.25) is 0 Å². The second kappa shape index (κ2) is 7.52. The highest BCUT2D eigenvalue weighted by Crippen LogP contribution is 2.36. The largest absolute Gasteiger partial charge is 0.330 e. The second-order valence-electron chi connectivity index (χ2n) is 6.69. The van der Waals surface area contributed by atoms with Crippen molar-refractivity contribution in [2.45, 2.75) is 10.9 Å². The van der Waals surface area contributed by atoms with Crippen LogP contribution in [0.2, 0.25) is 0 Å². The summed E-state index contributed by atoms with van der Waals surface area (Å²) >= 11 is 1.35. The van der Waals surface area contributed by atoms with E-state index < -0.39 is 10.0 Å². The molecule has 27 heavy (non-hydrogen) atoms. The SMILES string of the molecule is NC[C@@H]1CN(S(=O)(=O)c2csc(-c3ccccc3)n2)C[C@H]1c1ccccc1. The fourth-order valence-corrected chi connectivity index (χ4v) is 6.16. The molecule has 0 amide bonds. The van der Waals surface area contributed by atoms with Crippen molar-refractivity contribution in [1.29, 1.82) is 0 Å². The van der Waals surface area contributed by atoms with E-state index in [9.17, 15) is 8.42 Å².